The molecule has 3 nitrogen and oxygen atoms in total. The zero-order chi connectivity index (χ0) is 10.1. The first-order chi connectivity index (χ1) is 6.16. The standard InChI is InChI=1S/C7H9NS.C2H4O2/c9-6-4-7-3-1-2-5-8-7;1-2(3)4/h1-3,5,9H,4,6H2;1H3,(H,3,4). The SMILES string of the molecule is CC(=O)O.SCCc1ccccn1. The van der Waals surface area contributed by atoms with E-state index in [1.807, 2.05) is 18.2 Å². The van der Waals surface area contributed by atoms with Gasteiger partial charge < -0.3 is 5.11 Å². The number of aromatic nitrogens is 1. The number of hydrogen-bond acceptors (Lipinski definition) is 3. The zero-order valence-electron chi connectivity index (χ0n) is 7.47. The van der Waals surface area contributed by atoms with Gasteiger partial charge in [-0.3, -0.25) is 9.78 Å². The molecular formula is C9H13NO2S. The molecule has 0 saturated heterocycles. The Morgan fingerprint density at radius 3 is 2.62 bits per heavy atom. The fourth-order valence-electron chi connectivity index (χ4n) is 0.661. The molecule has 0 bridgehead atoms. The summed E-state index contributed by atoms with van der Waals surface area (Å²) in [5.74, 6) is 0.0387. The van der Waals surface area contributed by atoms with E-state index >= 15 is 0 Å². The predicted octanol–water partition coefficient (Wildman–Crippen LogP) is 1.64. The van der Waals surface area contributed by atoms with Gasteiger partial charge in [0.2, 0.25) is 0 Å². The molecule has 1 aromatic heterocycles. The van der Waals surface area contributed by atoms with Gasteiger partial charge in [0, 0.05) is 18.8 Å². The minimum atomic E-state index is -0.833. The molecule has 4 heteroatoms. The highest BCUT2D eigenvalue weighted by molar-refractivity contribution is 7.80. The number of thiol groups is 1. The van der Waals surface area contributed by atoms with Crippen LogP contribution in [0.4, 0.5) is 0 Å². The minimum Gasteiger partial charge on any atom is -0.481 e. The summed E-state index contributed by atoms with van der Waals surface area (Å²) < 4.78 is 0. The average molecular weight is 199 g/mol. The monoisotopic (exact) mass is 199 g/mol. The van der Waals surface area contributed by atoms with E-state index in [1.54, 1.807) is 6.20 Å². The van der Waals surface area contributed by atoms with Crippen LogP contribution in [0.2, 0.25) is 0 Å². The van der Waals surface area contributed by atoms with Crippen LogP contribution < -0.4 is 0 Å². The summed E-state index contributed by atoms with van der Waals surface area (Å²) in [6, 6.07) is 5.92. The summed E-state index contributed by atoms with van der Waals surface area (Å²) in [6.45, 7) is 1.08. The Hall–Kier alpha value is -1.03. The average Bonchev–Trinajstić information content (AvgIpc) is 2.06. The Morgan fingerprint density at radius 2 is 2.23 bits per heavy atom. The predicted molar refractivity (Wildman–Crippen MR) is 55.1 cm³/mol. The van der Waals surface area contributed by atoms with Crippen LogP contribution in [0.3, 0.4) is 0 Å². The van der Waals surface area contributed by atoms with Crippen molar-refractivity contribution in [2.45, 2.75) is 13.3 Å². The molecule has 0 aliphatic carbocycles. The second kappa shape index (κ2) is 7.61. The van der Waals surface area contributed by atoms with Crippen LogP contribution in [-0.4, -0.2) is 21.8 Å². The van der Waals surface area contributed by atoms with E-state index in [-0.39, 0.29) is 0 Å². The number of carboxylic acid groups (broad SMARTS) is 1. The number of hydrogen-bond donors (Lipinski definition) is 2. The van der Waals surface area contributed by atoms with Gasteiger partial charge in [0.05, 0.1) is 0 Å². The maximum atomic E-state index is 9.00. The molecule has 1 N–H and O–H groups in total. The van der Waals surface area contributed by atoms with Crippen molar-refractivity contribution in [3.05, 3.63) is 30.1 Å². The van der Waals surface area contributed by atoms with Crippen LogP contribution >= 0.6 is 12.6 Å². The lowest BCUT2D eigenvalue weighted by atomic mass is 10.3. The first kappa shape index (κ1) is 12.0. The van der Waals surface area contributed by atoms with E-state index in [2.05, 4.69) is 17.6 Å². The molecular weight excluding hydrogens is 186 g/mol. The summed E-state index contributed by atoms with van der Waals surface area (Å²) in [6.07, 6.45) is 2.77. The number of rotatable bonds is 2. The molecule has 0 aromatic carbocycles. The number of aliphatic carboxylic acids is 1. The number of carbonyl (C=O) groups is 1. The molecule has 0 atom stereocenters. The van der Waals surface area contributed by atoms with Crippen molar-refractivity contribution >= 4 is 18.6 Å². The van der Waals surface area contributed by atoms with Gasteiger partial charge in [0.25, 0.3) is 5.97 Å². The van der Waals surface area contributed by atoms with Gasteiger partial charge in [-0.2, -0.15) is 12.6 Å². The molecule has 0 fully saturated rings. The zero-order valence-corrected chi connectivity index (χ0v) is 8.37. The van der Waals surface area contributed by atoms with Crippen LogP contribution in [-0.2, 0) is 11.2 Å². The second-order valence-corrected chi connectivity index (χ2v) is 2.76. The smallest absolute Gasteiger partial charge is 0.300 e. The Labute approximate surface area is 83.2 Å². The lowest BCUT2D eigenvalue weighted by Crippen LogP contribution is -1.87. The lowest BCUT2D eigenvalue weighted by Gasteiger charge is -1.92. The normalized spacial score (nSPS) is 8.46. The second-order valence-electron chi connectivity index (χ2n) is 2.31. The van der Waals surface area contributed by atoms with Crippen LogP contribution in [0.1, 0.15) is 12.6 Å². The molecule has 0 amide bonds. The molecule has 0 aliphatic heterocycles. The van der Waals surface area contributed by atoms with E-state index in [4.69, 9.17) is 9.90 Å². The highest BCUT2D eigenvalue weighted by Gasteiger charge is 1.86. The van der Waals surface area contributed by atoms with Crippen molar-refractivity contribution in [2.24, 2.45) is 0 Å². The van der Waals surface area contributed by atoms with Gasteiger partial charge in [0.1, 0.15) is 0 Å². The summed E-state index contributed by atoms with van der Waals surface area (Å²) in [5.41, 5.74) is 1.12. The summed E-state index contributed by atoms with van der Waals surface area (Å²) in [4.78, 5) is 13.1. The van der Waals surface area contributed by atoms with Crippen molar-refractivity contribution in [3.63, 3.8) is 0 Å². The molecule has 0 unspecified atom stereocenters. The summed E-state index contributed by atoms with van der Waals surface area (Å²) in [7, 11) is 0. The van der Waals surface area contributed by atoms with Crippen molar-refractivity contribution < 1.29 is 9.90 Å². The lowest BCUT2D eigenvalue weighted by molar-refractivity contribution is -0.134. The molecule has 72 valence electrons. The van der Waals surface area contributed by atoms with Gasteiger partial charge in [-0.05, 0) is 24.3 Å². The maximum Gasteiger partial charge on any atom is 0.300 e. The van der Waals surface area contributed by atoms with E-state index in [0.29, 0.717) is 0 Å². The van der Waals surface area contributed by atoms with Crippen LogP contribution in [0.25, 0.3) is 0 Å². The topological polar surface area (TPSA) is 50.2 Å². The number of aryl methyl sites for hydroxylation is 1. The highest BCUT2D eigenvalue weighted by atomic mass is 32.1. The Bertz CT molecular complexity index is 235. The van der Waals surface area contributed by atoms with Crippen molar-refractivity contribution in [1.29, 1.82) is 0 Å². The van der Waals surface area contributed by atoms with Crippen molar-refractivity contribution in [2.75, 3.05) is 5.75 Å². The molecule has 0 aliphatic rings. The highest BCUT2D eigenvalue weighted by Crippen LogP contribution is 1.94. The van der Waals surface area contributed by atoms with Crippen LogP contribution in [0, 0.1) is 0 Å². The molecule has 13 heavy (non-hydrogen) atoms. The quantitative estimate of drug-likeness (QED) is 0.712. The third-order valence-electron chi connectivity index (χ3n) is 1.09. The number of nitrogens with zero attached hydrogens (tertiary/aromatic N) is 1. The Morgan fingerprint density at radius 1 is 1.62 bits per heavy atom. The number of pyridine rings is 1. The third kappa shape index (κ3) is 8.88. The largest absolute Gasteiger partial charge is 0.481 e. The van der Waals surface area contributed by atoms with E-state index in [0.717, 1.165) is 24.8 Å². The minimum absolute atomic E-state index is 0.833. The molecule has 0 radical (unpaired) electrons. The van der Waals surface area contributed by atoms with Gasteiger partial charge in [-0.15, -0.1) is 0 Å². The summed E-state index contributed by atoms with van der Waals surface area (Å²) in [5, 5.41) is 7.42. The molecule has 0 saturated carbocycles. The first-order valence-corrected chi connectivity index (χ1v) is 4.50. The van der Waals surface area contributed by atoms with Gasteiger partial charge in [-0.25, -0.2) is 0 Å². The molecule has 0 spiro atoms. The molecule has 1 rings (SSSR count). The fourth-order valence-corrected chi connectivity index (χ4v) is 0.890. The van der Waals surface area contributed by atoms with E-state index in [1.165, 1.54) is 0 Å². The first-order valence-electron chi connectivity index (χ1n) is 3.87. The number of carboxylic acids is 1. The third-order valence-corrected chi connectivity index (χ3v) is 1.32. The van der Waals surface area contributed by atoms with E-state index < -0.39 is 5.97 Å². The van der Waals surface area contributed by atoms with Crippen LogP contribution in [0.5, 0.6) is 0 Å². The Balaban J connectivity index is 0.000000310. The fraction of sp³-hybridized carbons (Fsp3) is 0.333. The van der Waals surface area contributed by atoms with E-state index in [9.17, 15) is 0 Å². The van der Waals surface area contributed by atoms with Crippen LogP contribution in [0.15, 0.2) is 24.4 Å². The van der Waals surface area contributed by atoms with Gasteiger partial charge in [-0.1, -0.05) is 6.07 Å². The van der Waals surface area contributed by atoms with Gasteiger partial charge >= 0.3 is 0 Å². The van der Waals surface area contributed by atoms with Gasteiger partial charge in [0.15, 0.2) is 0 Å². The molecule has 1 aromatic rings. The van der Waals surface area contributed by atoms with Crippen molar-refractivity contribution in [3.8, 4) is 0 Å². The molecule has 1 heterocycles. The maximum absolute atomic E-state index is 9.00. The van der Waals surface area contributed by atoms with Crippen molar-refractivity contribution in [1.82, 2.24) is 4.98 Å². The Kier molecular flexibility index (Phi) is 7.01. The summed E-state index contributed by atoms with van der Waals surface area (Å²) >= 11 is 4.09.